The van der Waals surface area contributed by atoms with Crippen LogP contribution in [0.1, 0.15) is 16.7 Å². The highest BCUT2D eigenvalue weighted by Gasteiger charge is 2.10. The molecule has 1 aromatic heterocycles. The van der Waals surface area contributed by atoms with E-state index in [1.165, 1.54) is 12.1 Å². The summed E-state index contributed by atoms with van der Waals surface area (Å²) in [5, 5.41) is 17.2. The summed E-state index contributed by atoms with van der Waals surface area (Å²) in [6, 6.07) is 19.7. The summed E-state index contributed by atoms with van der Waals surface area (Å²) in [6.07, 6.45) is 3.62. The van der Waals surface area contributed by atoms with Gasteiger partial charge in [-0.25, -0.2) is 0 Å². The van der Waals surface area contributed by atoms with Gasteiger partial charge in [0, 0.05) is 51.4 Å². The van der Waals surface area contributed by atoms with Crippen LogP contribution in [0, 0.1) is 10.1 Å². The van der Waals surface area contributed by atoms with Gasteiger partial charge in [0.25, 0.3) is 5.69 Å². The molecule has 0 aliphatic carbocycles. The lowest BCUT2D eigenvalue weighted by Gasteiger charge is -2.08. The predicted molar refractivity (Wildman–Crippen MR) is 123 cm³/mol. The number of hydrogen-bond donors (Lipinski definition) is 0. The molecule has 0 radical (unpaired) electrons. The van der Waals surface area contributed by atoms with Crippen molar-refractivity contribution < 1.29 is 9.76 Å². The van der Waals surface area contributed by atoms with E-state index in [9.17, 15) is 10.1 Å². The number of hydrogen-bond acceptors (Lipinski definition) is 4. The fourth-order valence-corrected chi connectivity index (χ4v) is 3.78. The minimum atomic E-state index is -0.436. The van der Waals surface area contributed by atoms with Crippen molar-refractivity contribution in [2.75, 3.05) is 0 Å². The summed E-state index contributed by atoms with van der Waals surface area (Å²) in [6.45, 7) is 0.718. The van der Waals surface area contributed by atoms with Crippen LogP contribution in [0.2, 0.25) is 10.0 Å². The molecule has 0 saturated heterocycles. The van der Waals surface area contributed by atoms with Crippen molar-refractivity contribution in [2.24, 2.45) is 5.16 Å². The Morgan fingerprint density at radius 3 is 2.71 bits per heavy atom. The first-order valence-corrected chi connectivity index (χ1v) is 10.2. The van der Waals surface area contributed by atoms with Gasteiger partial charge < -0.3 is 9.40 Å². The third-order valence-electron chi connectivity index (χ3n) is 4.79. The summed E-state index contributed by atoms with van der Waals surface area (Å²) in [4.78, 5) is 15.8. The molecule has 4 aromatic rings. The first-order chi connectivity index (χ1) is 15.0. The maximum atomic E-state index is 10.9. The van der Waals surface area contributed by atoms with Crippen LogP contribution in [0.3, 0.4) is 0 Å². The number of oxime groups is 1. The average Bonchev–Trinajstić information content (AvgIpc) is 3.11. The zero-order chi connectivity index (χ0) is 21.8. The smallest absolute Gasteiger partial charge is 0.269 e. The third kappa shape index (κ3) is 4.87. The largest absolute Gasteiger partial charge is 0.391 e. The van der Waals surface area contributed by atoms with Crippen molar-refractivity contribution in [1.29, 1.82) is 0 Å². The molecule has 0 unspecified atom stereocenters. The second kappa shape index (κ2) is 9.20. The van der Waals surface area contributed by atoms with Gasteiger partial charge in [-0.3, -0.25) is 10.1 Å². The summed E-state index contributed by atoms with van der Waals surface area (Å²) in [7, 11) is 0. The molecule has 0 spiro atoms. The number of nitro benzene ring substituents is 1. The third-order valence-corrected chi connectivity index (χ3v) is 5.38. The van der Waals surface area contributed by atoms with Crippen molar-refractivity contribution in [1.82, 2.24) is 4.57 Å². The van der Waals surface area contributed by atoms with Crippen LogP contribution in [0.25, 0.3) is 10.9 Å². The van der Waals surface area contributed by atoms with Crippen molar-refractivity contribution in [3.63, 3.8) is 0 Å². The molecular formula is C23H17Cl2N3O3. The molecule has 0 amide bonds. The minimum absolute atomic E-state index is 0.0222. The SMILES string of the molecule is O=[N+]([O-])c1cccc(CO/N=C\c2cn(Cc3ccc(Cl)cc3Cl)c3ccccc23)c1. The first kappa shape index (κ1) is 20.9. The zero-order valence-corrected chi connectivity index (χ0v) is 17.8. The Kier molecular flexibility index (Phi) is 6.21. The molecule has 156 valence electrons. The minimum Gasteiger partial charge on any atom is -0.391 e. The first-order valence-electron chi connectivity index (χ1n) is 9.42. The molecule has 31 heavy (non-hydrogen) atoms. The van der Waals surface area contributed by atoms with Crippen LogP contribution in [0.5, 0.6) is 0 Å². The molecule has 0 saturated carbocycles. The summed E-state index contributed by atoms with van der Waals surface area (Å²) in [5.41, 5.74) is 3.57. The number of non-ortho nitro benzene ring substituents is 1. The number of halogens is 2. The number of para-hydroxylation sites is 1. The van der Waals surface area contributed by atoms with E-state index < -0.39 is 4.92 Å². The van der Waals surface area contributed by atoms with Gasteiger partial charge in [0.1, 0.15) is 6.61 Å². The van der Waals surface area contributed by atoms with E-state index in [0.717, 1.165) is 22.0 Å². The van der Waals surface area contributed by atoms with Crippen LogP contribution in [0.4, 0.5) is 5.69 Å². The molecule has 0 bridgehead atoms. The highest BCUT2D eigenvalue weighted by atomic mass is 35.5. The van der Waals surface area contributed by atoms with Crippen LogP contribution in [0.15, 0.2) is 78.1 Å². The van der Waals surface area contributed by atoms with E-state index in [0.29, 0.717) is 22.2 Å². The molecule has 0 aliphatic rings. The summed E-state index contributed by atoms with van der Waals surface area (Å²) in [5.74, 6) is 0. The molecule has 0 fully saturated rings. The monoisotopic (exact) mass is 453 g/mol. The van der Waals surface area contributed by atoms with Gasteiger partial charge in [0.2, 0.25) is 0 Å². The van der Waals surface area contributed by atoms with E-state index >= 15 is 0 Å². The van der Waals surface area contributed by atoms with Crippen LogP contribution >= 0.6 is 23.2 Å². The fraction of sp³-hybridized carbons (Fsp3) is 0.0870. The Labute approximate surface area is 188 Å². The molecule has 8 heteroatoms. The average molecular weight is 454 g/mol. The molecule has 6 nitrogen and oxygen atoms in total. The molecule has 0 aliphatic heterocycles. The Morgan fingerprint density at radius 2 is 1.90 bits per heavy atom. The normalized spacial score (nSPS) is 11.3. The highest BCUT2D eigenvalue weighted by molar-refractivity contribution is 6.35. The number of nitrogens with zero attached hydrogens (tertiary/aromatic N) is 3. The lowest BCUT2D eigenvalue weighted by molar-refractivity contribution is -0.384. The lowest BCUT2D eigenvalue weighted by Crippen LogP contribution is -1.98. The van der Waals surface area contributed by atoms with Gasteiger partial charge in [-0.1, -0.05) is 64.8 Å². The van der Waals surface area contributed by atoms with Gasteiger partial charge in [-0.05, 0) is 29.3 Å². The lowest BCUT2D eigenvalue weighted by atomic mass is 10.2. The number of rotatable bonds is 7. The highest BCUT2D eigenvalue weighted by Crippen LogP contribution is 2.25. The number of benzene rings is 3. The van der Waals surface area contributed by atoms with Gasteiger partial charge in [0.15, 0.2) is 0 Å². The van der Waals surface area contributed by atoms with Crippen molar-refractivity contribution in [3.05, 3.63) is 110 Å². The fourth-order valence-electron chi connectivity index (χ4n) is 3.31. The quantitative estimate of drug-likeness (QED) is 0.183. The maximum Gasteiger partial charge on any atom is 0.269 e. The number of nitro groups is 1. The molecule has 1 heterocycles. The molecular weight excluding hydrogens is 437 g/mol. The summed E-state index contributed by atoms with van der Waals surface area (Å²) < 4.78 is 2.09. The number of fused-ring (bicyclic) bond motifs is 1. The van der Waals surface area contributed by atoms with Crippen molar-refractivity contribution in [3.8, 4) is 0 Å². The van der Waals surface area contributed by atoms with Crippen LogP contribution in [-0.4, -0.2) is 15.7 Å². The number of aromatic nitrogens is 1. The predicted octanol–water partition coefficient (Wildman–Crippen LogP) is 6.46. The molecule has 4 rings (SSSR count). The van der Waals surface area contributed by atoms with Gasteiger partial charge in [-0.15, -0.1) is 0 Å². The van der Waals surface area contributed by atoms with Crippen LogP contribution in [-0.2, 0) is 18.0 Å². The van der Waals surface area contributed by atoms with Gasteiger partial charge in [-0.2, -0.15) is 0 Å². The van der Waals surface area contributed by atoms with E-state index in [4.69, 9.17) is 28.0 Å². The summed E-state index contributed by atoms with van der Waals surface area (Å²) >= 11 is 12.3. The second-order valence-corrected chi connectivity index (χ2v) is 7.74. The van der Waals surface area contributed by atoms with Gasteiger partial charge in [0.05, 0.1) is 11.1 Å². The zero-order valence-electron chi connectivity index (χ0n) is 16.2. The Bertz CT molecular complexity index is 1280. The van der Waals surface area contributed by atoms with Crippen molar-refractivity contribution in [2.45, 2.75) is 13.2 Å². The van der Waals surface area contributed by atoms with Gasteiger partial charge >= 0.3 is 0 Å². The van der Waals surface area contributed by atoms with E-state index in [-0.39, 0.29) is 12.3 Å². The standard InChI is InChI=1S/C23H17Cl2N3O3/c24-19-9-8-17(22(25)11-19)13-27-14-18(21-6-1-2-7-23(21)27)12-26-31-15-16-4-3-5-20(10-16)28(29)30/h1-12,14H,13,15H2/b26-12-. The molecule has 0 N–H and O–H groups in total. The van der Waals surface area contributed by atoms with E-state index in [1.807, 2.05) is 42.6 Å². The Hall–Kier alpha value is -3.35. The van der Waals surface area contributed by atoms with E-state index in [2.05, 4.69) is 9.72 Å². The van der Waals surface area contributed by atoms with Crippen LogP contribution < -0.4 is 0 Å². The Balaban J connectivity index is 1.53. The molecule has 3 aromatic carbocycles. The topological polar surface area (TPSA) is 69.7 Å². The molecule has 0 atom stereocenters. The van der Waals surface area contributed by atoms with E-state index in [1.54, 1.807) is 24.4 Å². The Morgan fingerprint density at radius 1 is 1.06 bits per heavy atom. The second-order valence-electron chi connectivity index (χ2n) is 6.90. The maximum absolute atomic E-state index is 10.9. The van der Waals surface area contributed by atoms with Crippen molar-refractivity contribution >= 4 is 46.0 Å².